The van der Waals surface area contributed by atoms with Gasteiger partial charge in [0.25, 0.3) is 0 Å². The number of rotatable bonds is 6. The smallest absolute Gasteiger partial charge is 0.417 e. The third-order valence-electron chi connectivity index (χ3n) is 7.31. The van der Waals surface area contributed by atoms with E-state index in [1.54, 1.807) is 17.7 Å². The largest absolute Gasteiger partial charge is 0.425 e. The fourth-order valence-corrected chi connectivity index (χ4v) is 6.72. The van der Waals surface area contributed by atoms with Gasteiger partial charge < -0.3 is 15.0 Å². The van der Waals surface area contributed by atoms with Crippen molar-refractivity contribution in [3.8, 4) is 6.07 Å². The molecular weight excluding hydrogens is 530 g/mol. The molecule has 5 rings (SSSR count). The second-order valence-electron chi connectivity index (χ2n) is 10.0. The molecule has 0 unspecified atom stereocenters. The number of nitrogens with zero attached hydrogens (tertiary/aromatic N) is 4. The molecule has 1 saturated heterocycles. The predicted octanol–water partition coefficient (Wildman–Crippen LogP) is 4.24. The van der Waals surface area contributed by atoms with E-state index in [0.29, 0.717) is 36.5 Å². The first kappa shape index (κ1) is 26.3. The Hall–Kier alpha value is -3.34. The zero-order valence-electron chi connectivity index (χ0n) is 20.3. The molecule has 0 spiro atoms. The van der Waals surface area contributed by atoms with Crippen LogP contribution in [0.2, 0.25) is 0 Å². The highest BCUT2D eigenvalue weighted by Crippen LogP contribution is 2.41. The molecule has 9 nitrogen and oxygen atoms in total. The van der Waals surface area contributed by atoms with Gasteiger partial charge in [-0.25, -0.2) is 22.3 Å². The number of ether oxygens (including phenoxy) is 1. The zero-order chi connectivity index (χ0) is 27.5. The molecule has 38 heavy (non-hydrogen) atoms. The number of sulfone groups is 1. The summed E-state index contributed by atoms with van der Waals surface area (Å²) >= 11 is 0. The second kappa shape index (κ2) is 9.14. The van der Waals surface area contributed by atoms with Crippen molar-refractivity contribution in [2.24, 2.45) is 0 Å². The van der Waals surface area contributed by atoms with E-state index in [9.17, 15) is 36.0 Å². The van der Waals surface area contributed by atoms with Crippen molar-refractivity contribution in [2.45, 2.75) is 79.6 Å². The summed E-state index contributed by atoms with van der Waals surface area (Å²) < 4.78 is 89.0. The standard InChI is InChI=1S/C24H25F4N5O4S/c1-14-9-20(33(31-14)16-3-2-4-16)32-12-17(11-21(32)37-22(34)30-23(13-29)7-8-23)38(35,36)19-6-5-15(25)10-18(19)24(26,27)28/h5-6,9-10,16-17,21H,2-4,7-8,11-12H2,1H3,(H,30,34)/t17-,21+/m1/s1. The van der Waals surface area contributed by atoms with E-state index in [1.165, 1.54) is 4.90 Å². The molecule has 2 atom stereocenters. The molecule has 1 aromatic heterocycles. The van der Waals surface area contributed by atoms with Crippen LogP contribution in [0.1, 0.15) is 55.8 Å². The van der Waals surface area contributed by atoms with E-state index < -0.39 is 55.4 Å². The number of nitriles is 1. The maximum absolute atomic E-state index is 13.7. The highest BCUT2D eigenvalue weighted by molar-refractivity contribution is 7.92. The monoisotopic (exact) mass is 555 g/mol. The van der Waals surface area contributed by atoms with Gasteiger partial charge in [0.15, 0.2) is 16.1 Å². The van der Waals surface area contributed by atoms with Crippen LogP contribution in [0.15, 0.2) is 29.2 Å². The Morgan fingerprint density at radius 3 is 2.55 bits per heavy atom. The normalized spacial score (nSPS) is 23.0. The Morgan fingerprint density at radius 2 is 1.97 bits per heavy atom. The molecule has 1 aromatic carbocycles. The number of aromatic nitrogens is 2. The molecule has 204 valence electrons. The molecule has 3 aliphatic rings. The minimum Gasteiger partial charge on any atom is -0.425 e. The van der Waals surface area contributed by atoms with Crippen molar-refractivity contribution < 1.29 is 35.5 Å². The molecule has 3 fully saturated rings. The van der Waals surface area contributed by atoms with Gasteiger partial charge >= 0.3 is 12.3 Å². The second-order valence-corrected chi connectivity index (χ2v) is 12.2. The van der Waals surface area contributed by atoms with Gasteiger partial charge in [-0.2, -0.15) is 23.5 Å². The minimum absolute atomic E-state index is 0.0612. The number of aryl methyl sites for hydroxylation is 1. The number of halogens is 4. The van der Waals surface area contributed by atoms with Crippen molar-refractivity contribution in [2.75, 3.05) is 11.4 Å². The Balaban J connectivity index is 1.49. The van der Waals surface area contributed by atoms with E-state index in [1.807, 2.05) is 6.07 Å². The van der Waals surface area contributed by atoms with Gasteiger partial charge in [0, 0.05) is 19.0 Å². The number of benzene rings is 1. The average Bonchev–Trinajstić information content (AvgIpc) is 3.28. The number of anilines is 1. The zero-order valence-corrected chi connectivity index (χ0v) is 21.1. The first-order valence-electron chi connectivity index (χ1n) is 12.2. The van der Waals surface area contributed by atoms with Crippen LogP contribution < -0.4 is 10.2 Å². The van der Waals surface area contributed by atoms with Gasteiger partial charge in [-0.05, 0) is 57.2 Å². The SMILES string of the molecule is Cc1cc(N2C[C@H](S(=O)(=O)c3ccc(F)cc3C(F)(F)F)C[C@@H]2OC(=O)NC2(C#N)CC2)n(C2CCC2)n1. The fourth-order valence-electron chi connectivity index (χ4n) is 4.85. The van der Waals surface area contributed by atoms with E-state index in [4.69, 9.17) is 4.74 Å². The lowest BCUT2D eigenvalue weighted by atomic mass is 9.93. The topological polar surface area (TPSA) is 117 Å². The molecule has 14 heteroatoms. The first-order valence-corrected chi connectivity index (χ1v) is 13.7. The highest BCUT2D eigenvalue weighted by atomic mass is 32.2. The van der Waals surface area contributed by atoms with Crippen LogP contribution in [-0.4, -0.2) is 47.9 Å². The lowest BCUT2D eigenvalue weighted by Gasteiger charge is -2.32. The van der Waals surface area contributed by atoms with E-state index >= 15 is 0 Å². The van der Waals surface area contributed by atoms with Crippen LogP contribution in [-0.2, 0) is 20.8 Å². The lowest BCUT2D eigenvalue weighted by Crippen LogP contribution is -2.42. The third kappa shape index (κ3) is 4.79. The van der Waals surface area contributed by atoms with Gasteiger partial charge in [0.2, 0.25) is 0 Å². The van der Waals surface area contributed by atoms with Crippen LogP contribution in [0.25, 0.3) is 0 Å². The van der Waals surface area contributed by atoms with Gasteiger partial charge in [-0.15, -0.1) is 0 Å². The number of nitrogens with one attached hydrogen (secondary N) is 1. The highest BCUT2D eigenvalue weighted by Gasteiger charge is 2.49. The fraction of sp³-hybridized carbons (Fsp3) is 0.542. The molecule has 1 aliphatic heterocycles. The summed E-state index contributed by atoms with van der Waals surface area (Å²) in [6, 6.07) is 5.21. The number of hydrogen-bond acceptors (Lipinski definition) is 7. The van der Waals surface area contributed by atoms with E-state index in [-0.39, 0.29) is 25.1 Å². The quantitative estimate of drug-likeness (QED) is 0.419. The maximum Gasteiger partial charge on any atom is 0.417 e. The molecule has 1 N–H and O–H groups in total. The summed E-state index contributed by atoms with van der Waals surface area (Å²) in [6.45, 7) is 1.47. The van der Waals surface area contributed by atoms with Crippen molar-refractivity contribution in [3.63, 3.8) is 0 Å². The van der Waals surface area contributed by atoms with Gasteiger partial charge in [-0.1, -0.05) is 0 Å². The van der Waals surface area contributed by atoms with Crippen molar-refractivity contribution in [3.05, 3.63) is 41.3 Å². The van der Waals surface area contributed by atoms with Gasteiger partial charge in [0.05, 0.1) is 33.5 Å². The summed E-state index contributed by atoms with van der Waals surface area (Å²) in [5.41, 5.74) is -1.99. The number of alkyl carbamates (subject to hydrolysis) is 1. The number of carbonyl (C=O) groups excluding carboxylic acids is 1. The van der Waals surface area contributed by atoms with Gasteiger partial charge in [0.1, 0.15) is 17.2 Å². The summed E-state index contributed by atoms with van der Waals surface area (Å²) in [5, 5.41) is 14.9. The number of alkyl halides is 3. The summed E-state index contributed by atoms with van der Waals surface area (Å²) in [5.74, 6) is -0.729. The van der Waals surface area contributed by atoms with E-state index in [0.717, 1.165) is 19.3 Å². The van der Waals surface area contributed by atoms with E-state index in [2.05, 4.69) is 10.4 Å². The minimum atomic E-state index is -5.10. The Labute approximate surface area is 216 Å². The van der Waals surface area contributed by atoms with Crippen LogP contribution in [0, 0.1) is 24.1 Å². The average molecular weight is 556 g/mol. The van der Waals surface area contributed by atoms with Crippen molar-refractivity contribution in [1.29, 1.82) is 5.26 Å². The lowest BCUT2D eigenvalue weighted by molar-refractivity contribution is -0.140. The van der Waals surface area contributed by atoms with Crippen LogP contribution in [0.4, 0.5) is 28.2 Å². The number of carbonyl (C=O) groups is 1. The van der Waals surface area contributed by atoms with Crippen LogP contribution in [0.5, 0.6) is 0 Å². The molecule has 0 bridgehead atoms. The molecule has 2 aromatic rings. The summed E-state index contributed by atoms with van der Waals surface area (Å²) in [7, 11) is -4.65. The Bertz CT molecular complexity index is 1410. The van der Waals surface area contributed by atoms with Crippen molar-refractivity contribution >= 4 is 21.7 Å². The Kier molecular flexibility index (Phi) is 6.32. The van der Waals surface area contributed by atoms with Crippen molar-refractivity contribution in [1.82, 2.24) is 15.1 Å². The molecular formula is C24H25F4N5O4S. The Morgan fingerprint density at radius 1 is 1.26 bits per heavy atom. The third-order valence-corrected chi connectivity index (χ3v) is 9.49. The predicted molar refractivity (Wildman–Crippen MR) is 125 cm³/mol. The molecule has 2 aliphatic carbocycles. The summed E-state index contributed by atoms with van der Waals surface area (Å²) in [6.07, 6.45) is -3.94. The van der Waals surface area contributed by atoms with Gasteiger partial charge in [-0.3, -0.25) is 0 Å². The molecule has 2 saturated carbocycles. The molecule has 0 radical (unpaired) electrons. The maximum atomic E-state index is 13.7. The summed E-state index contributed by atoms with van der Waals surface area (Å²) in [4.78, 5) is 13.1. The molecule has 1 amide bonds. The van der Waals surface area contributed by atoms with Crippen LogP contribution in [0.3, 0.4) is 0 Å². The van der Waals surface area contributed by atoms with Crippen LogP contribution >= 0.6 is 0 Å². The first-order chi connectivity index (χ1) is 17.8. The molecule has 2 heterocycles. The number of hydrogen-bond donors (Lipinski definition) is 1. The number of amides is 1.